The summed E-state index contributed by atoms with van der Waals surface area (Å²) in [6.07, 6.45) is 1.81. The van der Waals surface area contributed by atoms with E-state index in [1.54, 1.807) is 0 Å². The normalized spacial score (nSPS) is 25.2. The van der Waals surface area contributed by atoms with Crippen LogP contribution in [0.2, 0.25) is 0 Å². The van der Waals surface area contributed by atoms with Crippen LogP contribution in [0.4, 0.5) is 8.78 Å². The molecular weight excluding hydrogens is 260 g/mol. The Bertz CT molecular complexity index is 589. The first-order valence-corrected chi connectivity index (χ1v) is 6.71. The maximum Gasteiger partial charge on any atom is 0.162 e. The van der Waals surface area contributed by atoms with E-state index in [0.717, 1.165) is 18.9 Å². The minimum absolute atomic E-state index is 0.0602. The molecule has 1 aliphatic rings. The van der Waals surface area contributed by atoms with Crippen molar-refractivity contribution in [2.75, 3.05) is 0 Å². The van der Waals surface area contributed by atoms with E-state index in [4.69, 9.17) is 0 Å². The zero-order valence-electron chi connectivity index (χ0n) is 11.7. The van der Waals surface area contributed by atoms with Crippen molar-refractivity contribution in [1.82, 2.24) is 0 Å². The van der Waals surface area contributed by atoms with Gasteiger partial charge in [-0.2, -0.15) is 5.26 Å². The maximum absolute atomic E-state index is 13.8. The average Bonchev–Trinajstić information content (AvgIpc) is 2.40. The maximum atomic E-state index is 13.8. The number of ketones is 1. The second-order valence-electron chi connectivity index (χ2n) is 6.15. The molecule has 1 aromatic carbocycles. The number of carbonyl (C=O) groups excluding carboxylic acids is 1. The van der Waals surface area contributed by atoms with E-state index in [-0.39, 0.29) is 17.8 Å². The lowest BCUT2D eigenvalue weighted by molar-refractivity contribution is -0.138. The van der Waals surface area contributed by atoms with E-state index in [2.05, 4.69) is 6.07 Å². The number of hydrogen-bond donors (Lipinski definition) is 0. The summed E-state index contributed by atoms with van der Waals surface area (Å²) in [5.74, 6) is -2.07. The Morgan fingerprint density at radius 2 is 2.00 bits per heavy atom. The van der Waals surface area contributed by atoms with Crippen molar-refractivity contribution < 1.29 is 13.6 Å². The highest BCUT2D eigenvalue weighted by Gasteiger charge is 2.49. The molecule has 0 aliphatic heterocycles. The van der Waals surface area contributed by atoms with E-state index < -0.39 is 22.5 Å². The molecule has 0 amide bonds. The summed E-state index contributed by atoms with van der Waals surface area (Å²) < 4.78 is 27.1. The van der Waals surface area contributed by atoms with Crippen molar-refractivity contribution in [1.29, 1.82) is 5.26 Å². The molecule has 1 unspecified atom stereocenters. The molecule has 0 heterocycles. The van der Waals surface area contributed by atoms with Gasteiger partial charge in [0.1, 0.15) is 5.41 Å². The molecule has 1 saturated carbocycles. The van der Waals surface area contributed by atoms with Crippen molar-refractivity contribution in [2.24, 2.45) is 10.8 Å². The Hall–Kier alpha value is -1.76. The van der Waals surface area contributed by atoms with Crippen LogP contribution in [-0.2, 0) is 11.2 Å². The highest BCUT2D eigenvalue weighted by Crippen LogP contribution is 2.44. The van der Waals surface area contributed by atoms with E-state index in [9.17, 15) is 18.8 Å². The zero-order chi connectivity index (χ0) is 15.0. The van der Waals surface area contributed by atoms with Crippen molar-refractivity contribution in [3.05, 3.63) is 35.4 Å². The fourth-order valence-corrected chi connectivity index (χ4v) is 3.03. The van der Waals surface area contributed by atoms with Crippen LogP contribution in [-0.4, -0.2) is 5.78 Å². The number of nitrogens with zero attached hydrogens (tertiary/aromatic N) is 1. The van der Waals surface area contributed by atoms with Crippen LogP contribution in [0.25, 0.3) is 0 Å². The standard InChI is InChI=1S/C16H17F2NO/c1-15(2)7-4-8-16(10-19,14(15)20)9-11-5-3-6-12(17)13(11)18/h3,5-6H,4,7-9H2,1-2H3. The van der Waals surface area contributed by atoms with Gasteiger partial charge >= 0.3 is 0 Å². The van der Waals surface area contributed by atoms with Crippen LogP contribution >= 0.6 is 0 Å². The van der Waals surface area contributed by atoms with Gasteiger partial charge in [-0.25, -0.2) is 8.78 Å². The number of Topliss-reactive ketones (excluding diaryl/α,β-unsaturated/α-hetero) is 1. The number of hydrogen-bond acceptors (Lipinski definition) is 2. The Balaban J connectivity index is 2.40. The third-order valence-corrected chi connectivity index (χ3v) is 4.19. The number of carbonyl (C=O) groups is 1. The monoisotopic (exact) mass is 277 g/mol. The second-order valence-corrected chi connectivity index (χ2v) is 6.15. The van der Waals surface area contributed by atoms with E-state index in [1.807, 2.05) is 13.8 Å². The van der Waals surface area contributed by atoms with Crippen molar-refractivity contribution in [3.8, 4) is 6.07 Å². The molecule has 0 N–H and O–H groups in total. The highest BCUT2D eigenvalue weighted by atomic mass is 19.2. The average molecular weight is 277 g/mol. The molecule has 2 rings (SSSR count). The molecule has 2 nitrogen and oxygen atoms in total. The van der Waals surface area contributed by atoms with Gasteiger partial charge in [0.05, 0.1) is 6.07 Å². The largest absolute Gasteiger partial charge is 0.297 e. The van der Waals surface area contributed by atoms with Gasteiger partial charge in [0.25, 0.3) is 0 Å². The minimum atomic E-state index is -1.24. The van der Waals surface area contributed by atoms with E-state index >= 15 is 0 Å². The van der Waals surface area contributed by atoms with Crippen molar-refractivity contribution in [2.45, 2.75) is 39.5 Å². The molecule has 0 saturated heterocycles. The van der Waals surface area contributed by atoms with Gasteiger partial charge in [0.2, 0.25) is 0 Å². The summed E-state index contributed by atoms with van der Waals surface area (Å²) in [6.45, 7) is 3.62. The summed E-state index contributed by atoms with van der Waals surface area (Å²) in [5, 5.41) is 9.48. The Kier molecular flexibility index (Phi) is 3.64. The first kappa shape index (κ1) is 14.6. The van der Waals surface area contributed by atoms with Crippen LogP contribution in [0.15, 0.2) is 18.2 Å². The Morgan fingerprint density at radius 3 is 2.65 bits per heavy atom. The first-order valence-electron chi connectivity index (χ1n) is 6.71. The van der Waals surface area contributed by atoms with Crippen LogP contribution in [0.3, 0.4) is 0 Å². The smallest absolute Gasteiger partial charge is 0.162 e. The molecule has 1 fully saturated rings. The van der Waals surface area contributed by atoms with Crippen LogP contribution in [0.5, 0.6) is 0 Å². The Morgan fingerprint density at radius 1 is 1.30 bits per heavy atom. The number of halogens is 2. The SMILES string of the molecule is CC1(C)CCCC(C#N)(Cc2cccc(F)c2F)C1=O. The van der Waals surface area contributed by atoms with Gasteiger partial charge in [-0.3, -0.25) is 4.79 Å². The summed E-state index contributed by atoms with van der Waals surface area (Å²) in [5.41, 5.74) is -1.73. The number of nitriles is 1. The first-order chi connectivity index (χ1) is 9.32. The van der Waals surface area contributed by atoms with Gasteiger partial charge in [0, 0.05) is 11.8 Å². The van der Waals surface area contributed by atoms with Crippen LogP contribution in [0.1, 0.15) is 38.7 Å². The predicted molar refractivity (Wildman–Crippen MR) is 70.7 cm³/mol. The molecule has 106 valence electrons. The second kappa shape index (κ2) is 4.97. The lowest BCUT2D eigenvalue weighted by atomic mass is 9.61. The molecule has 1 aromatic rings. The quantitative estimate of drug-likeness (QED) is 0.825. The highest BCUT2D eigenvalue weighted by molar-refractivity contribution is 5.93. The molecule has 0 spiro atoms. The molecule has 20 heavy (non-hydrogen) atoms. The van der Waals surface area contributed by atoms with Gasteiger partial charge in [-0.1, -0.05) is 32.4 Å². The molecule has 0 bridgehead atoms. The number of benzene rings is 1. The van der Waals surface area contributed by atoms with E-state index in [0.29, 0.717) is 6.42 Å². The fraction of sp³-hybridized carbons (Fsp3) is 0.500. The zero-order valence-corrected chi connectivity index (χ0v) is 11.7. The van der Waals surface area contributed by atoms with Crippen LogP contribution in [0, 0.1) is 33.8 Å². The molecule has 1 atom stereocenters. The lowest BCUT2D eigenvalue weighted by Gasteiger charge is -2.39. The lowest BCUT2D eigenvalue weighted by Crippen LogP contribution is -2.45. The molecule has 0 radical (unpaired) electrons. The number of rotatable bonds is 2. The minimum Gasteiger partial charge on any atom is -0.297 e. The molecule has 1 aliphatic carbocycles. The molecule has 4 heteroatoms. The third-order valence-electron chi connectivity index (χ3n) is 4.19. The van der Waals surface area contributed by atoms with Crippen molar-refractivity contribution >= 4 is 5.78 Å². The van der Waals surface area contributed by atoms with Gasteiger partial charge in [-0.05, 0) is 24.5 Å². The summed E-state index contributed by atoms with van der Waals surface area (Å²) in [7, 11) is 0. The Labute approximate surface area is 117 Å². The van der Waals surface area contributed by atoms with Gasteiger partial charge in [0.15, 0.2) is 17.4 Å². The summed E-state index contributed by atoms with van der Waals surface area (Å²) in [4.78, 5) is 12.6. The molecular formula is C16H17F2NO. The van der Waals surface area contributed by atoms with Gasteiger partial charge < -0.3 is 0 Å². The van der Waals surface area contributed by atoms with E-state index in [1.165, 1.54) is 12.1 Å². The molecule has 0 aromatic heterocycles. The summed E-state index contributed by atoms with van der Waals surface area (Å²) >= 11 is 0. The fourth-order valence-electron chi connectivity index (χ4n) is 3.03. The topological polar surface area (TPSA) is 40.9 Å². The predicted octanol–water partition coefficient (Wildman–Crippen LogP) is 3.80. The van der Waals surface area contributed by atoms with Crippen LogP contribution < -0.4 is 0 Å². The third kappa shape index (κ3) is 2.33. The van der Waals surface area contributed by atoms with Crippen molar-refractivity contribution in [3.63, 3.8) is 0 Å². The van der Waals surface area contributed by atoms with Gasteiger partial charge in [-0.15, -0.1) is 0 Å². The summed E-state index contributed by atoms with van der Waals surface area (Å²) in [6, 6.07) is 5.95.